The minimum absolute atomic E-state index is 0.631. The molecule has 0 bridgehead atoms. The van der Waals surface area contributed by atoms with Crippen molar-refractivity contribution < 1.29 is 4.52 Å². The second-order valence-corrected chi connectivity index (χ2v) is 5.15. The van der Waals surface area contributed by atoms with Crippen molar-refractivity contribution in [2.24, 2.45) is 0 Å². The SMILES string of the molecule is CCNC1CCN(CCc2nc(C)no2)C(C)C1. The molecule has 1 aromatic rings. The van der Waals surface area contributed by atoms with Crippen molar-refractivity contribution in [3.8, 4) is 0 Å². The van der Waals surface area contributed by atoms with Gasteiger partial charge in [0.2, 0.25) is 5.89 Å². The molecular weight excluding hydrogens is 228 g/mol. The molecule has 102 valence electrons. The summed E-state index contributed by atoms with van der Waals surface area (Å²) < 4.78 is 5.15. The minimum atomic E-state index is 0.631. The molecule has 2 atom stereocenters. The Bertz CT molecular complexity index is 366. The first-order valence-corrected chi connectivity index (χ1v) is 6.95. The molecule has 2 rings (SSSR count). The van der Waals surface area contributed by atoms with Crippen molar-refractivity contribution in [2.45, 2.75) is 52.1 Å². The number of aromatic nitrogens is 2. The van der Waals surface area contributed by atoms with Crippen LogP contribution >= 0.6 is 0 Å². The molecule has 0 amide bonds. The van der Waals surface area contributed by atoms with Crippen LogP contribution in [0.1, 0.15) is 38.4 Å². The third kappa shape index (κ3) is 3.53. The number of hydrogen-bond acceptors (Lipinski definition) is 5. The molecule has 1 saturated heterocycles. The van der Waals surface area contributed by atoms with E-state index in [0.717, 1.165) is 37.8 Å². The molecule has 5 heteroatoms. The molecule has 2 unspecified atom stereocenters. The molecule has 1 fully saturated rings. The van der Waals surface area contributed by atoms with Gasteiger partial charge in [0.1, 0.15) is 0 Å². The van der Waals surface area contributed by atoms with Crippen molar-refractivity contribution in [3.63, 3.8) is 0 Å². The standard InChI is InChI=1S/C13H24N4O/c1-4-14-12-5-7-17(10(2)9-12)8-6-13-15-11(3)16-18-13/h10,12,14H,4-9H2,1-3H3. The average molecular weight is 252 g/mol. The van der Waals surface area contributed by atoms with Crippen LogP contribution in [-0.2, 0) is 6.42 Å². The van der Waals surface area contributed by atoms with Crippen LogP contribution in [0.3, 0.4) is 0 Å². The predicted octanol–water partition coefficient (Wildman–Crippen LogP) is 1.38. The normalized spacial score (nSPS) is 25.5. The summed E-state index contributed by atoms with van der Waals surface area (Å²) in [4.78, 5) is 6.77. The predicted molar refractivity (Wildman–Crippen MR) is 70.5 cm³/mol. The molecule has 0 spiro atoms. The average Bonchev–Trinajstić information content (AvgIpc) is 2.74. The highest BCUT2D eigenvalue weighted by molar-refractivity contribution is 4.87. The van der Waals surface area contributed by atoms with E-state index in [1.54, 1.807) is 0 Å². The van der Waals surface area contributed by atoms with E-state index in [9.17, 15) is 0 Å². The molecular formula is C13H24N4O. The summed E-state index contributed by atoms with van der Waals surface area (Å²) in [5, 5.41) is 7.37. The lowest BCUT2D eigenvalue weighted by molar-refractivity contribution is 0.135. The van der Waals surface area contributed by atoms with Crippen LogP contribution in [0.5, 0.6) is 0 Å². The molecule has 0 saturated carbocycles. The Morgan fingerprint density at radius 3 is 2.94 bits per heavy atom. The van der Waals surface area contributed by atoms with Crippen LogP contribution in [0.2, 0.25) is 0 Å². The topological polar surface area (TPSA) is 54.2 Å². The minimum Gasteiger partial charge on any atom is -0.339 e. The Morgan fingerprint density at radius 2 is 2.33 bits per heavy atom. The number of rotatable bonds is 5. The summed E-state index contributed by atoms with van der Waals surface area (Å²) in [6.07, 6.45) is 3.33. The van der Waals surface area contributed by atoms with Gasteiger partial charge in [-0.15, -0.1) is 0 Å². The lowest BCUT2D eigenvalue weighted by atomic mass is 9.98. The van der Waals surface area contributed by atoms with Gasteiger partial charge in [-0.05, 0) is 39.8 Å². The fraction of sp³-hybridized carbons (Fsp3) is 0.846. The Morgan fingerprint density at radius 1 is 1.50 bits per heavy atom. The van der Waals surface area contributed by atoms with E-state index >= 15 is 0 Å². The van der Waals surface area contributed by atoms with Crippen molar-refractivity contribution in [2.75, 3.05) is 19.6 Å². The van der Waals surface area contributed by atoms with Gasteiger partial charge in [0, 0.05) is 25.0 Å². The van der Waals surface area contributed by atoms with E-state index in [1.807, 2.05) is 6.92 Å². The molecule has 0 radical (unpaired) electrons. The fourth-order valence-corrected chi connectivity index (χ4v) is 2.71. The van der Waals surface area contributed by atoms with E-state index in [4.69, 9.17) is 4.52 Å². The summed E-state index contributed by atoms with van der Waals surface area (Å²) in [5.41, 5.74) is 0. The molecule has 18 heavy (non-hydrogen) atoms. The monoisotopic (exact) mass is 252 g/mol. The van der Waals surface area contributed by atoms with Crippen LogP contribution in [0.15, 0.2) is 4.52 Å². The van der Waals surface area contributed by atoms with E-state index in [-0.39, 0.29) is 0 Å². The first-order chi connectivity index (χ1) is 8.69. The number of likely N-dealkylation sites (tertiary alicyclic amines) is 1. The van der Waals surface area contributed by atoms with Gasteiger partial charge in [0.15, 0.2) is 5.82 Å². The molecule has 1 aromatic heterocycles. The first kappa shape index (κ1) is 13.5. The highest BCUT2D eigenvalue weighted by atomic mass is 16.5. The molecule has 2 heterocycles. The lowest BCUT2D eigenvalue weighted by Crippen LogP contribution is -2.47. The zero-order chi connectivity index (χ0) is 13.0. The van der Waals surface area contributed by atoms with Gasteiger partial charge >= 0.3 is 0 Å². The highest BCUT2D eigenvalue weighted by Gasteiger charge is 2.24. The van der Waals surface area contributed by atoms with Crippen LogP contribution < -0.4 is 5.32 Å². The van der Waals surface area contributed by atoms with Crippen LogP contribution in [0.25, 0.3) is 0 Å². The Kier molecular flexibility index (Phi) is 4.72. The summed E-state index contributed by atoms with van der Waals surface area (Å²) in [6.45, 7) is 9.58. The maximum Gasteiger partial charge on any atom is 0.227 e. The van der Waals surface area contributed by atoms with Crippen molar-refractivity contribution in [1.82, 2.24) is 20.4 Å². The van der Waals surface area contributed by atoms with Gasteiger partial charge in [-0.25, -0.2) is 0 Å². The third-order valence-electron chi connectivity index (χ3n) is 3.69. The van der Waals surface area contributed by atoms with Crippen LogP contribution in [0, 0.1) is 6.92 Å². The van der Waals surface area contributed by atoms with Crippen LogP contribution in [-0.4, -0.2) is 46.8 Å². The van der Waals surface area contributed by atoms with Gasteiger partial charge < -0.3 is 14.7 Å². The van der Waals surface area contributed by atoms with Gasteiger partial charge in [0.25, 0.3) is 0 Å². The smallest absolute Gasteiger partial charge is 0.227 e. The van der Waals surface area contributed by atoms with Gasteiger partial charge in [0.05, 0.1) is 0 Å². The summed E-state index contributed by atoms with van der Waals surface area (Å²) in [5.74, 6) is 1.48. The number of nitrogens with zero attached hydrogens (tertiary/aromatic N) is 3. The molecule has 0 aromatic carbocycles. The van der Waals surface area contributed by atoms with E-state index in [2.05, 4.69) is 34.2 Å². The molecule has 1 aliphatic rings. The fourth-order valence-electron chi connectivity index (χ4n) is 2.71. The second-order valence-electron chi connectivity index (χ2n) is 5.15. The Labute approximate surface area is 109 Å². The number of aryl methyl sites for hydroxylation is 1. The van der Waals surface area contributed by atoms with Crippen molar-refractivity contribution >= 4 is 0 Å². The zero-order valence-corrected chi connectivity index (χ0v) is 11.6. The van der Waals surface area contributed by atoms with Gasteiger partial charge in [-0.3, -0.25) is 0 Å². The Balaban J connectivity index is 1.77. The van der Waals surface area contributed by atoms with Crippen LogP contribution in [0.4, 0.5) is 0 Å². The summed E-state index contributed by atoms with van der Waals surface area (Å²) in [7, 11) is 0. The molecule has 1 aliphatic heterocycles. The summed E-state index contributed by atoms with van der Waals surface area (Å²) in [6, 6.07) is 1.32. The lowest BCUT2D eigenvalue weighted by Gasteiger charge is -2.37. The van der Waals surface area contributed by atoms with E-state index < -0.39 is 0 Å². The number of hydrogen-bond donors (Lipinski definition) is 1. The molecule has 1 N–H and O–H groups in total. The first-order valence-electron chi connectivity index (χ1n) is 6.95. The van der Waals surface area contributed by atoms with E-state index in [0.29, 0.717) is 12.1 Å². The highest BCUT2D eigenvalue weighted by Crippen LogP contribution is 2.17. The second kappa shape index (κ2) is 6.29. The third-order valence-corrected chi connectivity index (χ3v) is 3.69. The maximum absolute atomic E-state index is 5.15. The van der Waals surface area contributed by atoms with Crippen molar-refractivity contribution in [3.05, 3.63) is 11.7 Å². The van der Waals surface area contributed by atoms with Gasteiger partial charge in [-0.1, -0.05) is 12.1 Å². The van der Waals surface area contributed by atoms with Gasteiger partial charge in [-0.2, -0.15) is 4.98 Å². The van der Waals surface area contributed by atoms with Crippen molar-refractivity contribution in [1.29, 1.82) is 0 Å². The molecule has 0 aliphatic carbocycles. The van der Waals surface area contributed by atoms with E-state index in [1.165, 1.54) is 12.8 Å². The largest absolute Gasteiger partial charge is 0.339 e. The quantitative estimate of drug-likeness (QED) is 0.858. The molecule has 5 nitrogen and oxygen atoms in total. The maximum atomic E-state index is 5.15. The number of piperidine rings is 1. The summed E-state index contributed by atoms with van der Waals surface area (Å²) >= 11 is 0. The number of nitrogens with one attached hydrogen (secondary N) is 1. The Hall–Kier alpha value is -0.940. The zero-order valence-electron chi connectivity index (χ0n) is 11.6.